The van der Waals surface area contributed by atoms with E-state index in [0.29, 0.717) is 17.6 Å². The van der Waals surface area contributed by atoms with E-state index in [1.54, 1.807) is 0 Å². The SMILES string of the molecule is CC1(C)CC=C(c2ccc(C(F)(F)F)cc2)C=C1C1=C(O)C2(CCCCC2)NC1=O. The number of alkyl halides is 3. The van der Waals surface area contributed by atoms with Crippen LogP contribution in [0, 0.1) is 5.41 Å². The van der Waals surface area contributed by atoms with Crippen LogP contribution in [0.15, 0.2) is 53.3 Å². The van der Waals surface area contributed by atoms with Gasteiger partial charge in [0.2, 0.25) is 0 Å². The molecule has 1 fully saturated rings. The van der Waals surface area contributed by atoms with E-state index in [-0.39, 0.29) is 17.1 Å². The van der Waals surface area contributed by atoms with E-state index in [0.717, 1.165) is 55.4 Å². The lowest BCUT2D eigenvalue weighted by molar-refractivity contribution is -0.137. The summed E-state index contributed by atoms with van der Waals surface area (Å²) in [6, 6.07) is 5.04. The Morgan fingerprint density at radius 2 is 1.67 bits per heavy atom. The molecule has 1 aromatic carbocycles. The molecule has 0 aromatic heterocycles. The minimum absolute atomic E-state index is 0.125. The number of hydrogen-bond acceptors (Lipinski definition) is 2. The van der Waals surface area contributed by atoms with Gasteiger partial charge in [0, 0.05) is 0 Å². The predicted octanol–water partition coefficient (Wildman–Crippen LogP) is 6.09. The molecule has 0 atom stereocenters. The molecule has 6 heteroatoms. The van der Waals surface area contributed by atoms with Crippen LogP contribution in [0.1, 0.15) is 63.5 Å². The molecule has 0 radical (unpaired) electrons. The minimum Gasteiger partial charge on any atom is -0.509 e. The predicted molar refractivity (Wildman–Crippen MR) is 110 cm³/mol. The Morgan fingerprint density at radius 3 is 2.27 bits per heavy atom. The molecule has 0 bridgehead atoms. The van der Waals surface area contributed by atoms with Crippen LogP contribution in [0.4, 0.5) is 13.2 Å². The van der Waals surface area contributed by atoms with Crippen molar-refractivity contribution in [2.24, 2.45) is 5.41 Å². The summed E-state index contributed by atoms with van der Waals surface area (Å²) in [6.07, 6.45) is 4.52. The van der Waals surface area contributed by atoms with E-state index in [4.69, 9.17) is 0 Å². The third-order valence-electron chi connectivity index (χ3n) is 6.65. The second-order valence-corrected chi connectivity index (χ2v) is 9.20. The maximum atomic E-state index is 12.9. The molecular formula is C24H26F3NO2. The summed E-state index contributed by atoms with van der Waals surface area (Å²) in [6.45, 7) is 4.02. The Labute approximate surface area is 174 Å². The van der Waals surface area contributed by atoms with Gasteiger partial charge < -0.3 is 10.4 Å². The lowest BCUT2D eigenvalue weighted by Crippen LogP contribution is -2.46. The van der Waals surface area contributed by atoms with Crippen molar-refractivity contribution in [2.45, 2.75) is 64.1 Å². The number of nitrogens with one attached hydrogen (secondary N) is 1. The highest BCUT2D eigenvalue weighted by Gasteiger charge is 2.48. The van der Waals surface area contributed by atoms with Crippen molar-refractivity contribution in [3.8, 4) is 0 Å². The van der Waals surface area contributed by atoms with Gasteiger partial charge in [0.25, 0.3) is 5.91 Å². The Balaban J connectivity index is 1.74. The summed E-state index contributed by atoms with van der Waals surface area (Å²) in [5, 5.41) is 14.1. The smallest absolute Gasteiger partial charge is 0.416 e. The molecule has 0 saturated heterocycles. The second-order valence-electron chi connectivity index (χ2n) is 9.20. The van der Waals surface area contributed by atoms with Gasteiger partial charge in [-0.3, -0.25) is 4.79 Å². The van der Waals surface area contributed by atoms with E-state index in [1.807, 2.05) is 26.0 Å². The zero-order valence-electron chi connectivity index (χ0n) is 17.2. The van der Waals surface area contributed by atoms with E-state index >= 15 is 0 Å². The Bertz CT molecular complexity index is 959. The van der Waals surface area contributed by atoms with Gasteiger partial charge in [0.05, 0.1) is 16.7 Å². The van der Waals surface area contributed by atoms with Gasteiger partial charge in [-0.15, -0.1) is 0 Å². The average molecular weight is 417 g/mol. The van der Waals surface area contributed by atoms with Crippen LogP contribution in [0.25, 0.3) is 5.57 Å². The standard InChI is InChI=1S/C24H26F3NO2/c1-22(2)13-10-16(15-6-8-17(9-7-15)24(25,26)27)14-18(22)19-20(29)23(28-21(19)30)11-4-3-5-12-23/h6-10,14,29H,3-5,11-13H2,1-2H3,(H,28,30). The number of hydrogen-bond donors (Lipinski definition) is 2. The Kier molecular flexibility index (Phi) is 4.87. The maximum absolute atomic E-state index is 12.9. The average Bonchev–Trinajstić information content (AvgIpc) is 2.91. The minimum atomic E-state index is -4.38. The summed E-state index contributed by atoms with van der Waals surface area (Å²) in [5.74, 6) is -0.136. The summed E-state index contributed by atoms with van der Waals surface area (Å²) in [5.41, 5.74) is 0.740. The molecule has 1 spiro atoms. The van der Waals surface area contributed by atoms with Crippen molar-refractivity contribution in [3.63, 3.8) is 0 Å². The Morgan fingerprint density at radius 1 is 1.03 bits per heavy atom. The van der Waals surface area contributed by atoms with Gasteiger partial charge in [-0.1, -0.05) is 51.3 Å². The van der Waals surface area contributed by atoms with E-state index in [9.17, 15) is 23.1 Å². The molecule has 0 unspecified atom stereocenters. The number of allylic oxidation sites excluding steroid dienone is 3. The van der Waals surface area contributed by atoms with E-state index in [1.165, 1.54) is 12.1 Å². The fraction of sp³-hybridized carbons (Fsp3) is 0.458. The monoisotopic (exact) mass is 417 g/mol. The number of carbonyl (C=O) groups excluding carboxylic acids is 1. The van der Waals surface area contributed by atoms with E-state index in [2.05, 4.69) is 5.32 Å². The Hall–Kier alpha value is -2.50. The number of amides is 1. The largest absolute Gasteiger partial charge is 0.509 e. The fourth-order valence-electron chi connectivity index (χ4n) is 4.80. The molecule has 2 N–H and O–H groups in total. The summed E-state index contributed by atoms with van der Waals surface area (Å²) < 4.78 is 38.7. The van der Waals surface area contributed by atoms with Crippen molar-refractivity contribution in [3.05, 3.63) is 64.4 Å². The zero-order chi connectivity index (χ0) is 21.7. The maximum Gasteiger partial charge on any atom is 0.416 e. The third kappa shape index (κ3) is 3.46. The normalized spacial score (nSPS) is 23.3. The van der Waals surface area contributed by atoms with Crippen LogP contribution in [0.2, 0.25) is 0 Å². The molecule has 1 heterocycles. The number of aliphatic hydroxyl groups excluding tert-OH is 1. The van der Waals surface area contributed by atoms with Gasteiger partial charge in [0.1, 0.15) is 5.76 Å². The highest BCUT2D eigenvalue weighted by Crippen LogP contribution is 2.47. The topological polar surface area (TPSA) is 49.3 Å². The molecule has 4 rings (SSSR count). The van der Waals surface area contributed by atoms with Crippen molar-refractivity contribution in [1.29, 1.82) is 0 Å². The summed E-state index contributed by atoms with van der Waals surface area (Å²) >= 11 is 0. The molecule has 160 valence electrons. The first-order valence-electron chi connectivity index (χ1n) is 10.4. The van der Waals surface area contributed by atoms with Crippen LogP contribution in [-0.2, 0) is 11.0 Å². The van der Waals surface area contributed by atoms with Crippen molar-refractivity contribution >= 4 is 11.5 Å². The van der Waals surface area contributed by atoms with Gasteiger partial charge >= 0.3 is 6.18 Å². The highest BCUT2D eigenvalue weighted by atomic mass is 19.4. The van der Waals surface area contributed by atoms with Gasteiger partial charge in [-0.25, -0.2) is 0 Å². The number of benzene rings is 1. The van der Waals surface area contributed by atoms with Crippen LogP contribution in [-0.4, -0.2) is 16.6 Å². The first kappa shape index (κ1) is 20.8. The van der Waals surface area contributed by atoms with Gasteiger partial charge in [0.15, 0.2) is 0 Å². The van der Waals surface area contributed by atoms with E-state index < -0.39 is 17.3 Å². The molecule has 1 aromatic rings. The number of halogens is 3. The second kappa shape index (κ2) is 7.03. The van der Waals surface area contributed by atoms with Crippen molar-refractivity contribution < 1.29 is 23.1 Å². The number of carbonyl (C=O) groups is 1. The van der Waals surface area contributed by atoms with Gasteiger partial charge in [-0.05, 0) is 59.6 Å². The molecule has 3 aliphatic rings. The zero-order valence-corrected chi connectivity index (χ0v) is 17.2. The molecule has 2 aliphatic carbocycles. The summed E-state index contributed by atoms with van der Waals surface area (Å²) in [4.78, 5) is 12.9. The van der Waals surface area contributed by atoms with Gasteiger partial charge in [-0.2, -0.15) is 13.2 Å². The fourth-order valence-corrected chi connectivity index (χ4v) is 4.80. The van der Waals surface area contributed by atoms with Crippen LogP contribution in [0.5, 0.6) is 0 Å². The number of rotatable bonds is 2. The molecule has 30 heavy (non-hydrogen) atoms. The molecule has 1 aliphatic heterocycles. The van der Waals surface area contributed by atoms with Crippen LogP contribution >= 0.6 is 0 Å². The molecule has 3 nitrogen and oxygen atoms in total. The van der Waals surface area contributed by atoms with Crippen LogP contribution < -0.4 is 5.32 Å². The molecular weight excluding hydrogens is 391 g/mol. The quantitative estimate of drug-likeness (QED) is 0.612. The lowest BCUT2D eigenvalue weighted by atomic mass is 9.71. The lowest BCUT2D eigenvalue weighted by Gasteiger charge is -2.34. The van der Waals surface area contributed by atoms with Crippen molar-refractivity contribution in [2.75, 3.05) is 0 Å². The van der Waals surface area contributed by atoms with Crippen molar-refractivity contribution in [1.82, 2.24) is 5.32 Å². The van der Waals surface area contributed by atoms with Crippen LogP contribution in [0.3, 0.4) is 0 Å². The highest BCUT2D eigenvalue weighted by molar-refractivity contribution is 6.03. The third-order valence-corrected chi connectivity index (χ3v) is 6.65. The number of aliphatic hydroxyl groups is 1. The molecule has 1 saturated carbocycles. The molecule has 1 amide bonds. The summed E-state index contributed by atoms with van der Waals surface area (Å²) in [7, 11) is 0. The first-order valence-corrected chi connectivity index (χ1v) is 10.4. The first-order chi connectivity index (χ1) is 14.0.